The molecule has 6 rings (SSSR count). The highest BCUT2D eigenvalue weighted by Crippen LogP contribution is 2.62. The number of aryl methyl sites for hydroxylation is 1. The van der Waals surface area contributed by atoms with Gasteiger partial charge in [-0.3, -0.25) is 0 Å². The van der Waals surface area contributed by atoms with E-state index in [0.717, 1.165) is 62.2 Å². The molecule has 0 N–H and O–H groups in total. The highest BCUT2D eigenvalue weighted by molar-refractivity contribution is 8.76. The van der Waals surface area contributed by atoms with E-state index in [1.165, 1.54) is 11.1 Å². The fraction of sp³-hybridized carbons (Fsp3) is 0.683. The number of nitrogens with zero attached hydrogens (tertiary/aromatic N) is 1. The summed E-state index contributed by atoms with van der Waals surface area (Å²) in [5.41, 5.74) is -4.07. The third-order valence-electron chi connectivity index (χ3n) is 12.4. The molecule has 18 heteroatoms. The molecular formula is C41H50F9NO6S2. The van der Waals surface area contributed by atoms with E-state index in [4.69, 9.17) is 18.9 Å². The number of carbonyl (C=O) groups is 1. The Hall–Kier alpha value is -2.70. The van der Waals surface area contributed by atoms with E-state index in [1.54, 1.807) is 35.1 Å². The van der Waals surface area contributed by atoms with Crippen LogP contribution in [-0.2, 0) is 15.9 Å². The first-order chi connectivity index (χ1) is 27.9. The molecule has 1 heterocycles. The van der Waals surface area contributed by atoms with Crippen LogP contribution in [0.4, 0.5) is 44.3 Å². The Morgan fingerprint density at radius 2 is 1.46 bits per heavy atom. The van der Waals surface area contributed by atoms with Crippen molar-refractivity contribution in [2.75, 3.05) is 44.5 Å². The molecule has 1 aliphatic heterocycles. The topological polar surface area (TPSA) is 66.5 Å². The van der Waals surface area contributed by atoms with Gasteiger partial charge in [-0.15, -0.1) is 0 Å². The maximum absolute atomic E-state index is 13.2. The van der Waals surface area contributed by atoms with Gasteiger partial charge in [0.05, 0.1) is 12.7 Å². The average molecular weight is 888 g/mol. The quantitative estimate of drug-likeness (QED) is 0.0995. The number of fused-ring (bicyclic) bond motifs is 5. The molecule has 6 atom stereocenters. The van der Waals surface area contributed by atoms with Crippen LogP contribution in [0.2, 0.25) is 0 Å². The minimum atomic E-state index is -6.75. The van der Waals surface area contributed by atoms with E-state index < -0.39 is 37.2 Å². The first-order valence-corrected chi connectivity index (χ1v) is 22.6. The van der Waals surface area contributed by atoms with Crippen LogP contribution in [0.5, 0.6) is 17.2 Å². The number of benzene rings is 2. The van der Waals surface area contributed by atoms with Crippen molar-refractivity contribution in [1.82, 2.24) is 4.90 Å². The normalized spacial score (nSPS) is 26.1. The fourth-order valence-electron chi connectivity index (χ4n) is 9.56. The van der Waals surface area contributed by atoms with Crippen molar-refractivity contribution in [2.45, 2.75) is 114 Å². The zero-order valence-corrected chi connectivity index (χ0v) is 34.5. The van der Waals surface area contributed by atoms with Crippen LogP contribution in [-0.4, -0.2) is 91.7 Å². The summed E-state index contributed by atoms with van der Waals surface area (Å²) in [6.07, 6.45) is -14.8. The van der Waals surface area contributed by atoms with Gasteiger partial charge in [-0.1, -0.05) is 41.5 Å². The molecule has 0 bridgehead atoms. The molecule has 7 nitrogen and oxygen atoms in total. The van der Waals surface area contributed by atoms with Crippen LogP contribution in [0, 0.1) is 17.3 Å². The van der Waals surface area contributed by atoms with Gasteiger partial charge in [0.1, 0.15) is 30.5 Å². The summed E-state index contributed by atoms with van der Waals surface area (Å²) >= 11 is 0. The van der Waals surface area contributed by atoms with Crippen molar-refractivity contribution >= 4 is 27.7 Å². The summed E-state index contributed by atoms with van der Waals surface area (Å²) in [6.45, 7) is 3.64. The number of ether oxygens (including phenoxy) is 5. The number of halogens is 9. The van der Waals surface area contributed by atoms with Crippen molar-refractivity contribution in [3.8, 4) is 17.2 Å². The van der Waals surface area contributed by atoms with Gasteiger partial charge in [-0.05, 0) is 128 Å². The van der Waals surface area contributed by atoms with Crippen LogP contribution in [0.3, 0.4) is 0 Å². The van der Waals surface area contributed by atoms with Crippen molar-refractivity contribution in [3.63, 3.8) is 0 Å². The molecule has 3 aliphatic carbocycles. The van der Waals surface area contributed by atoms with E-state index in [-0.39, 0.29) is 36.2 Å². The Labute approximate surface area is 346 Å². The van der Waals surface area contributed by atoms with Gasteiger partial charge >= 0.3 is 30.2 Å². The van der Waals surface area contributed by atoms with Crippen LogP contribution in [0.25, 0.3) is 0 Å². The molecule has 330 valence electrons. The van der Waals surface area contributed by atoms with Crippen LogP contribution < -0.4 is 14.2 Å². The van der Waals surface area contributed by atoms with Crippen molar-refractivity contribution in [2.24, 2.45) is 17.3 Å². The fourth-order valence-corrected chi connectivity index (χ4v) is 12.0. The first kappa shape index (κ1) is 45.8. The Morgan fingerprint density at radius 3 is 2.10 bits per heavy atom. The lowest BCUT2D eigenvalue weighted by Gasteiger charge is -2.50. The lowest BCUT2D eigenvalue weighted by atomic mass is 9.55. The van der Waals surface area contributed by atoms with Crippen molar-refractivity contribution in [3.05, 3.63) is 53.6 Å². The summed E-state index contributed by atoms with van der Waals surface area (Å²) in [7, 11) is 3.61. The molecule has 0 aromatic heterocycles. The summed E-state index contributed by atoms with van der Waals surface area (Å²) in [4.78, 5) is 14.8. The highest BCUT2D eigenvalue weighted by atomic mass is 33.1. The summed E-state index contributed by atoms with van der Waals surface area (Å²) in [5, 5.41) is 0. The molecule has 2 saturated carbocycles. The predicted octanol–water partition coefficient (Wildman–Crippen LogP) is 11.6. The molecule has 2 aromatic rings. The Balaban J connectivity index is 0.949. The molecule has 1 unspecified atom stereocenters. The van der Waals surface area contributed by atoms with Crippen molar-refractivity contribution in [1.29, 1.82) is 0 Å². The van der Waals surface area contributed by atoms with Gasteiger partial charge in [-0.2, -0.15) is 39.5 Å². The minimum Gasteiger partial charge on any atom is -0.490 e. The SMILES string of the molecule is CCCN(C(=O)Oc1ccc(OCCOc2ccc3c(c2)CC[C@@H]2[C@@H]3CC[C@]3(C)[C@@H](OCCCOC(C(F)(F)F)(C(F)(F)F)C(F)(F)F)CC[C@@H]23)cc1)C1CCSSC1. The van der Waals surface area contributed by atoms with Gasteiger partial charge < -0.3 is 28.6 Å². The average Bonchev–Trinajstić information content (AvgIpc) is 3.52. The first-order valence-electron chi connectivity index (χ1n) is 20.1. The Bertz CT molecular complexity index is 1670. The van der Waals surface area contributed by atoms with E-state index in [1.807, 2.05) is 28.7 Å². The van der Waals surface area contributed by atoms with E-state index in [0.29, 0.717) is 49.5 Å². The lowest BCUT2D eigenvalue weighted by Crippen LogP contribution is -2.67. The third-order valence-corrected chi connectivity index (χ3v) is 14.9. The van der Waals surface area contributed by atoms with Crippen LogP contribution in [0.15, 0.2) is 42.5 Å². The number of alkyl halides is 9. The molecular weight excluding hydrogens is 838 g/mol. The molecule has 59 heavy (non-hydrogen) atoms. The second-order valence-corrected chi connectivity index (χ2v) is 18.5. The second kappa shape index (κ2) is 18.7. The number of hydrogen-bond donors (Lipinski definition) is 0. The summed E-state index contributed by atoms with van der Waals surface area (Å²) in [6, 6.07) is 13.3. The molecule has 0 radical (unpaired) electrons. The highest BCUT2D eigenvalue weighted by Gasteiger charge is 2.85. The number of carbonyl (C=O) groups excluding carboxylic acids is 1. The van der Waals surface area contributed by atoms with Crippen LogP contribution >= 0.6 is 21.6 Å². The molecule has 4 aliphatic rings. The van der Waals surface area contributed by atoms with Gasteiger partial charge in [0.15, 0.2) is 0 Å². The molecule has 1 amide bonds. The van der Waals surface area contributed by atoms with Gasteiger partial charge in [0, 0.05) is 30.7 Å². The zero-order valence-electron chi connectivity index (χ0n) is 32.9. The molecule has 0 spiro atoms. The van der Waals surface area contributed by atoms with Crippen molar-refractivity contribution < 1.29 is 68.0 Å². The second-order valence-electron chi connectivity index (χ2n) is 15.9. The van der Waals surface area contributed by atoms with E-state index in [2.05, 4.69) is 23.8 Å². The minimum absolute atomic E-state index is 0.170. The molecule has 3 fully saturated rings. The Morgan fingerprint density at radius 1 is 0.797 bits per heavy atom. The smallest absolute Gasteiger partial charge is 0.435 e. The summed E-state index contributed by atoms with van der Waals surface area (Å²) in [5.74, 6) is 4.63. The Kier molecular flexibility index (Phi) is 14.5. The standard InChI is InChI=1S/C41H50F9NO6S2/c1-3-18-51(27-16-23-58-59-25-27)36(52)57-29-8-6-28(7-9-29)53-21-22-54-30-10-12-31-26(24-30)5-11-33-32(31)15-17-37(2)34(33)13-14-35(37)55-19-4-20-56-38(39(42,43)44,40(45,46)47)41(48,49)50/h6-10,12,24,27,32-35H,3-5,11,13-23,25H2,1-2H3/t27?,32-,33-,34+,35+,37+/m1/s1. The third kappa shape index (κ3) is 9.85. The number of hydrogen-bond acceptors (Lipinski definition) is 8. The maximum atomic E-state index is 13.2. The molecule has 1 saturated heterocycles. The largest absolute Gasteiger partial charge is 0.490 e. The van der Waals surface area contributed by atoms with Crippen LogP contribution in [0.1, 0.15) is 82.3 Å². The predicted molar refractivity (Wildman–Crippen MR) is 206 cm³/mol. The molecule has 2 aromatic carbocycles. The number of rotatable bonds is 15. The zero-order chi connectivity index (χ0) is 42.6. The summed E-state index contributed by atoms with van der Waals surface area (Å²) < 4.78 is 146. The van der Waals surface area contributed by atoms with Gasteiger partial charge in [0.2, 0.25) is 0 Å². The van der Waals surface area contributed by atoms with E-state index in [9.17, 15) is 44.3 Å². The maximum Gasteiger partial charge on any atom is 0.435 e. The van der Waals surface area contributed by atoms with Gasteiger partial charge in [0.25, 0.3) is 0 Å². The monoisotopic (exact) mass is 887 g/mol. The van der Waals surface area contributed by atoms with Gasteiger partial charge in [-0.25, -0.2) is 4.79 Å². The lowest BCUT2D eigenvalue weighted by molar-refractivity contribution is -0.457. The van der Waals surface area contributed by atoms with E-state index >= 15 is 0 Å². The number of amides is 1.